The van der Waals surface area contributed by atoms with E-state index in [1.54, 1.807) is 13.8 Å². The fourth-order valence-corrected chi connectivity index (χ4v) is 7.88. The fraction of sp³-hybridized carbons (Fsp3) is 0.857. The summed E-state index contributed by atoms with van der Waals surface area (Å²) < 4.78 is 10.5. The lowest BCUT2D eigenvalue weighted by molar-refractivity contribution is 0.123. The maximum absolute atomic E-state index is 11.9. The molecule has 0 aliphatic rings. The average Bonchev–Trinajstić information content (AvgIpc) is 2.31. The Morgan fingerprint density at radius 1 is 0.762 bits per heavy atom. The van der Waals surface area contributed by atoms with Gasteiger partial charge in [-0.05, 0) is 30.5 Å². The summed E-state index contributed by atoms with van der Waals surface area (Å²) in [6, 6.07) is 0. The number of hydrogen-bond acceptors (Lipinski definition) is 4. The number of carbonyl (C=O) groups excluding carboxylic acids is 2. The van der Waals surface area contributed by atoms with Crippen LogP contribution in [0.4, 0.5) is 9.59 Å². The molecule has 0 spiro atoms. The predicted molar refractivity (Wildman–Crippen MR) is 84.0 cm³/mol. The van der Waals surface area contributed by atoms with Crippen LogP contribution in [-0.2, 0) is 9.16 Å². The first-order valence-electron chi connectivity index (χ1n) is 7.39. The second-order valence-electron chi connectivity index (χ2n) is 6.32. The quantitative estimate of drug-likeness (QED) is 0.509. The molecule has 7 heteroatoms. The minimum Gasteiger partial charge on any atom is -0.500 e. The Morgan fingerprint density at radius 2 is 1.14 bits per heavy atom. The standard InChI is InChI=1S/C14H28N2O4Si/c1-9(2)19-13(17)15-16-14(18)20-21(10(3)4,11(5)6)12(7)8/h9-12H,1-8H3. The fourth-order valence-electron chi connectivity index (χ4n) is 2.83. The molecule has 0 N–H and O–H groups in total. The molecular weight excluding hydrogens is 288 g/mol. The van der Waals surface area contributed by atoms with Crippen LogP contribution in [0.25, 0.3) is 0 Å². The van der Waals surface area contributed by atoms with Gasteiger partial charge in [0, 0.05) is 0 Å². The van der Waals surface area contributed by atoms with Crippen molar-refractivity contribution in [1.82, 2.24) is 0 Å². The third-order valence-corrected chi connectivity index (χ3v) is 9.46. The topological polar surface area (TPSA) is 77.3 Å². The van der Waals surface area contributed by atoms with Crippen LogP contribution in [0.1, 0.15) is 55.4 Å². The first-order valence-corrected chi connectivity index (χ1v) is 9.53. The molecule has 0 saturated heterocycles. The van der Waals surface area contributed by atoms with Gasteiger partial charge < -0.3 is 9.16 Å². The summed E-state index contributed by atoms with van der Waals surface area (Å²) in [5.74, 6) is 0. The van der Waals surface area contributed by atoms with E-state index in [0.717, 1.165) is 0 Å². The van der Waals surface area contributed by atoms with Crippen molar-refractivity contribution in [3.8, 4) is 0 Å². The molecule has 0 aliphatic carbocycles. The summed E-state index contributed by atoms with van der Waals surface area (Å²) in [6.45, 7) is 15.7. The van der Waals surface area contributed by atoms with Crippen LogP contribution in [0.15, 0.2) is 10.2 Å². The van der Waals surface area contributed by atoms with E-state index in [2.05, 4.69) is 51.8 Å². The highest BCUT2D eigenvalue weighted by molar-refractivity contribution is 6.78. The molecule has 122 valence electrons. The SMILES string of the molecule is CC(C)OC(=O)N=NC(=O)O[Si](C(C)C)(C(C)C)C(C)C. The predicted octanol–water partition coefficient (Wildman–Crippen LogP) is 5.30. The molecule has 0 radical (unpaired) electrons. The van der Waals surface area contributed by atoms with Crippen LogP contribution in [-0.4, -0.2) is 26.6 Å². The Labute approximate surface area is 128 Å². The van der Waals surface area contributed by atoms with E-state index in [1.807, 2.05) is 0 Å². The van der Waals surface area contributed by atoms with Crippen molar-refractivity contribution in [3.63, 3.8) is 0 Å². The van der Waals surface area contributed by atoms with Crippen LogP contribution in [0.3, 0.4) is 0 Å². The van der Waals surface area contributed by atoms with E-state index >= 15 is 0 Å². The number of nitrogens with zero attached hydrogens (tertiary/aromatic N) is 2. The van der Waals surface area contributed by atoms with Gasteiger partial charge in [0.1, 0.15) is 0 Å². The normalized spacial score (nSPS) is 12.8. The van der Waals surface area contributed by atoms with E-state index < -0.39 is 20.5 Å². The van der Waals surface area contributed by atoms with Gasteiger partial charge in [-0.2, -0.15) is 0 Å². The second-order valence-corrected chi connectivity index (χ2v) is 11.7. The number of hydrogen-bond donors (Lipinski definition) is 0. The van der Waals surface area contributed by atoms with Crippen LogP contribution >= 0.6 is 0 Å². The highest BCUT2D eigenvalue weighted by atomic mass is 28.4. The third-order valence-electron chi connectivity index (χ3n) is 3.52. The number of carbonyl (C=O) groups is 2. The minimum absolute atomic E-state index is 0.249. The van der Waals surface area contributed by atoms with E-state index in [-0.39, 0.29) is 22.7 Å². The molecule has 0 aromatic heterocycles. The van der Waals surface area contributed by atoms with Crippen molar-refractivity contribution in [2.45, 2.75) is 78.1 Å². The first-order chi connectivity index (χ1) is 9.53. The van der Waals surface area contributed by atoms with Crippen molar-refractivity contribution in [2.24, 2.45) is 10.2 Å². The molecule has 0 rings (SSSR count). The average molecular weight is 316 g/mol. The summed E-state index contributed by atoms with van der Waals surface area (Å²) in [7, 11) is -2.35. The largest absolute Gasteiger partial charge is 0.500 e. The molecule has 0 bridgehead atoms. The molecule has 0 saturated carbocycles. The van der Waals surface area contributed by atoms with Crippen LogP contribution in [0.5, 0.6) is 0 Å². The Kier molecular flexibility index (Phi) is 7.77. The molecule has 0 heterocycles. The van der Waals surface area contributed by atoms with Gasteiger partial charge in [0.25, 0.3) is 8.32 Å². The van der Waals surface area contributed by atoms with Crippen molar-refractivity contribution in [3.05, 3.63) is 0 Å². The van der Waals surface area contributed by atoms with Gasteiger partial charge in [-0.1, -0.05) is 51.8 Å². The molecule has 0 aromatic rings. The molecule has 0 aromatic carbocycles. The lowest BCUT2D eigenvalue weighted by atomic mass is 10.5. The van der Waals surface area contributed by atoms with E-state index in [1.165, 1.54) is 0 Å². The maximum atomic E-state index is 11.9. The summed E-state index contributed by atoms with van der Waals surface area (Å²) >= 11 is 0. The van der Waals surface area contributed by atoms with Crippen molar-refractivity contribution in [1.29, 1.82) is 0 Å². The zero-order chi connectivity index (χ0) is 16.8. The molecular formula is C14H28N2O4Si. The Hall–Kier alpha value is -1.24. The van der Waals surface area contributed by atoms with Gasteiger partial charge in [0.15, 0.2) is 0 Å². The van der Waals surface area contributed by atoms with Crippen LogP contribution in [0.2, 0.25) is 16.6 Å². The van der Waals surface area contributed by atoms with Gasteiger partial charge in [-0.3, -0.25) is 0 Å². The summed E-state index contributed by atoms with van der Waals surface area (Å²) in [5.41, 5.74) is 0.748. The monoisotopic (exact) mass is 316 g/mol. The molecule has 2 amide bonds. The van der Waals surface area contributed by atoms with Crippen LogP contribution in [0, 0.1) is 0 Å². The Morgan fingerprint density at radius 3 is 1.48 bits per heavy atom. The Bertz CT molecular complexity index is 371. The number of ether oxygens (including phenoxy) is 1. The molecule has 0 aliphatic heterocycles. The zero-order valence-corrected chi connectivity index (χ0v) is 15.3. The number of rotatable bonds is 5. The number of azo groups is 1. The molecule has 21 heavy (non-hydrogen) atoms. The van der Waals surface area contributed by atoms with Gasteiger partial charge in [-0.15, -0.1) is 0 Å². The minimum atomic E-state index is -2.35. The van der Waals surface area contributed by atoms with Crippen molar-refractivity contribution >= 4 is 20.5 Å². The van der Waals surface area contributed by atoms with Crippen LogP contribution < -0.4 is 0 Å². The molecule has 6 nitrogen and oxygen atoms in total. The van der Waals surface area contributed by atoms with Crippen molar-refractivity contribution < 1.29 is 18.8 Å². The van der Waals surface area contributed by atoms with E-state index in [0.29, 0.717) is 0 Å². The third kappa shape index (κ3) is 5.57. The lowest BCUT2D eigenvalue weighted by Gasteiger charge is -2.40. The highest BCUT2D eigenvalue weighted by Gasteiger charge is 2.48. The van der Waals surface area contributed by atoms with Gasteiger partial charge in [0.2, 0.25) is 0 Å². The van der Waals surface area contributed by atoms with Gasteiger partial charge in [-0.25, -0.2) is 9.59 Å². The zero-order valence-electron chi connectivity index (χ0n) is 14.3. The number of amides is 2. The second kappa shape index (κ2) is 8.26. The first kappa shape index (κ1) is 19.8. The molecule has 0 atom stereocenters. The van der Waals surface area contributed by atoms with Gasteiger partial charge in [0.05, 0.1) is 6.10 Å². The molecule has 0 fully saturated rings. The Balaban J connectivity index is 5.00. The summed E-state index contributed by atoms with van der Waals surface area (Å²) in [6.07, 6.45) is -1.99. The lowest BCUT2D eigenvalue weighted by Crippen LogP contribution is -2.48. The van der Waals surface area contributed by atoms with E-state index in [4.69, 9.17) is 9.16 Å². The van der Waals surface area contributed by atoms with Crippen molar-refractivity contribution in [2.75, 3.05) is 0 Å². The molecule has 0 unspecified atom stereocenters. The maximum Gasteiger partial charge on any atom is 0.452 e. The smallest absolute Gasteiger partial charge is 0.452 e. The summed E-state index contributed by atoms with van der Waals surface area (Å²) in [4.78, 5) is 23.2. The van der Waals surface area contributed by atoms with E-state index in [9.17, 15) is 9.59 Å². The highest BCUT2D eigenvalue weighted by Crippen LogP contribution is 2.42. The summed E-state index contributed by atoms with van der Waals surface area (Å²) in [5, 5.41) is 6.57. The van der Waals surface area contributed by atoms with Gasteiger partial charge >= 0.3 is 12.2 Å².